The fraction of sp³-hybridized carbons (Fsp3) is 0.625. The maximum absolute atomic E-state index is 6.25. The van der Waals surface area contributed by atoms with Gasteiger partial charge in [0.2, 0.25) is 0 Å². The van der Waals surface area contributed by atoms with Gasteiger partial charge in [-0.05, 0) is 12.2 Å². The third-order valence-corrected chi connectivity index (χ3v) is 3.91. The second kappa shape index (κ2) is 2.78. The van der Waals surface area contributed by atoms with Gasteiger partial charge in [-0.2, -0.15) is 11.8 Å². The Bertz CT molecular complexity index is 259. The number of aromatic amines is 1. The lowest BCUT2D eigenvalue weighted by molar-refractivity contribution is 0.424. The molecule has 0 radical (unpaired) electrons. The molecule has 1 aliphatic rings. The number of nitrogens with one attached hydrogen (secondary N) is 1. The minimum Gasteiger partial charge on any atom is -0.347 e. The molecule has 1 aromatic heterocycles. The Kier molecular flexibility index (Phi) is 1.88. The lowest BCUT2D eigenvalue weighted by Crippen LogP contribution is -2.42. The quantitative estimate of drug-likeness (QED) is 0.685. The number of aromatic nitrogens is 2. The van der Waals surface area contributed by atoms with Crippen LogP contribution in [-0.2, 0) is 5.54 Å². The van der Waals surface area contributed by atoms with Gasteiger partial charge in [-0.3, -0.25) is 0 Å². The fourth-order valence-corrected chi connectivity index (χ4v) is 2.92. The topological polar surface area (TPSA) is 54.7 Å². The predicted octanol–water partition coefficient (Wildman–Crippen LogP) is 1.09. The molecule has 0 aromatic carbocycles. The van der Waals surface area contributed by atoms with E-state index in [4.69, 9.17) is 5.73 Å². The van der Waals surface area contributed by atoms with Crippen molar-refractivity contribution in [2.45, 2.75) is 24.1 Å². The highest BCUT2D eigenvalue weighted by molar-refractivity contribution is 8.00. The van der Waals surface area contributed by atoms with Crippen LogP contribution in [0.25, 0.3) is 0 Å². The van der Waals surface area contributed by atoms with Crippen molar-refractivity contribution in [3.05, 3.63) is 18.2 Å². The van der Waals surface area contributed by atoms with Gasteiger partial charge in [0.05, 0.1) is 5.54 Å². The summed E-state index contributed by atoms with van der Waals surface area (Å²) in [6.07, 6.45) is 4.62. The van der Waals surface area contributed by atoms with Crippen LogP contribution in [0.4, 0.5) is 0 Å². The molecule has 0 spiro atoms. The number of imidazole rings is 1. The van der Waals surface area contributed by atoms with Crippen LogP contribution in [0.3, 0.4) is 0 Å². The maximum atomic E-state index is 6.25. The van der Waals surface area contributed by atoms with E-state index >= 15 is 0 Å². The lowest BCUT2D eigenvalue weighted by atomic mass is 9.93. The molecule has 1 fully saturated rings. The van der Waals surface area contributed by atoms with E-state index in [1.807, 2.05) is 18.0 Å². The van der Waals surface area contributed by atoms with E-state index in [1.165, 1.54) is 0 Å². The van der Waals surface area contributed by atoms with Gasteiger partial charge in [0, 0.05) is 17.6 Å². The third kappa shape index (κ3) is 1.06. The number of H-pyrrole nitrogens is 1. The third-order valence-electron chi connectivity index (χ3n) is 2.55. The maximum Gasteiger partial charge on any atom is 0.127 e. The molecule has 2 rings (SSSR count). The van der Waals surface area contributed by atoms with E-state index < -0.39 is 0 Å². The number of thioether (sulfide) groups is 1. The van der Waals surface area contributed by atoms with Gasteiger partial charge in [0.1, 0.15) is 5.82 Å². The van der Waals surface area contributed by atoms with Gasteiger partial charge in [0.15, 0.2) is 0 Å². The summed E-state index contributed by atoms with van der Waals surface area (Å²) in [6, 6.07) is 0. The molecular formula is C8H13N3S. The molecule has 1 aliphatic heterocycles. The second-order valence-corrected chi connectivity index (χ2v) is 4.69. The Hall–Kier alpha value is -0.480. The van der Waals surface area contributed by atoms with E-state index in [0.29, 0.717) is 5.25 Å². The molecular weight excluding hydrogens is 170 g/mol. The number of hydrogen-bond donors (Lipinski definition) is 2. The number of nitrogens with two attached hydrogens (primary N) is 1. The summed E-state index contributed by atoms with van der Waals surface area (Å²) in [7, 11) is 0. The predicted molar refractivity (Wildman–Crippen MR) is 51.0 cm³/mol. The van der Waals surface area contributed by atoms with E-state index in [-0.39, 0.29) is 5.54 Å². The molecule has 66 valence electrons. The van der Waals surface area contributed by atoms with E-state index in [2.05, 4.69) is 16.9 Å². The van der Waals surface area contributed by atoms with Gasteiger partial charge >= 0.3 is 0 Å². The summed E-state index contributed by atoms with van der Waals surface area (Å²) in [5.41, 5.74) is 6.03. The molecule has 0 bridgehead atoms. The Labute approximate surface area is 76.1 Å². The summed E-state index contributed by atoms with van der Waals surface area (Å²) in [5.74, 6) is 2.07. The average molecular weight is 183 g/mol. The number of rotatable bonds is 1. The van der Waals surface area contributed by atoms with Crippen molar-refractivity contribution in [2.75, 3.05) is 5.75 Å². The van der Waals surface area contributed by atoms with Crippen LogP contribution in [0.1, 0.15) is 19.2 Å². The Morgan fingerprint density at radius 2 is 2.67 bits per heavy atom. The first-order valence-electron chi connectivity index (χ1n) is 4.14. The highest BCUT2D eigenvalue weighted by atomic mass is 32.2. The molecule has 2 unspecified atom stereocenters. The van der Waals surface area contributed by atoms with E-state index in [9.17, 15) is 0 Å². The van der Waals surface area contributed by atoms with Crippen LogP contribution in [0, 0.1) is 0 Å². The smallest absolute Gasteiger partial charge is 0.127 e. The highest BCUT2D eigenvalue weighted by Crippen LogP contribution is 2.39. The summed E-state index contributed by atoms with van der Waals surface area (Å²) in [5, 5.41) is 0.462. The van der Waals surface area contributed by atoms with Crippen molar-refractivity contribution in [3.8, 4) is 0 Å². The minimum absolute atomic E-state index is 0.228. The van der Waals surface area contributed by atoms with Crippen LogP contribution in [0.2, 0.25) is 0 Å². The molecule has 0 amide bonds. The molecule has 4 heteroatoms. The summed E-state index contributed by atoms with van der Waals surface area (Å²) >= 11 is 1.92. The van der Waals surface area contributed by atoms with Gasteiger partial charge in [-0.1, -0.05) is 6.92 Å². The van der Waals surface area contributed by atoms with Crippen molar-refractivity contribution < 1.29 is 0 Å². The first-order valence-corrected chi connectivity index (χ1v) is 5.19. The van der Waals surface area contributed by atoms with Crippen molar-refractivity contribution in [3.63, 3.8) is 0 Å². The molecule has 3 nitrogen and oxygen atoms in total. The highest BCUT2D eigenvalue weighted by Gasteiger charge is 2.40. The first-order chi connectivity index (χ1) is 5.73. The molecule has 3 N–H and O–H groups in total. The van der Waals surface area contributed by atoms with Crippen LogP contribution in [0.5, 0.6) is 0 Å². The van der Waals surface area contributed by atoms with E-state index in [1.54, 1.807) is 6.20 Å². The van der Waals surface area contributed by atoms with Crippen molar-refractivity contribution in [2.24, 2.45) is 5.73 Å². The van der Waals surface area contributed by atoms with Gasteiger partial charge in [-0.15, -0.1) is 0 Å². The molecule has 1 saturated heterocycles. The zero-order valence-corrected chi connectivity index (χ0v) is 7.90. The van der Waals surface area contributed by atoms with Crippen LogP contribution in [-0.4, -0.2) is 21.0 Å². The van der Waals surface area contributed by atoms with Crippen molar-refractivity contribution in [1.82, 2.24) is 9.97 Å². The summed E-state index contributed by atoms with van der Waals surface area (Å²) < 4.78 is 0. The largest absolute Gasteiger partial charge is 0.347 e. The molecule has 12 heavy (non-hydrogen) atoms. The fourth-order valence-electron chi connectivity index (χ4n) is 1.59. The van der Waals surface area contributed by atoms with E-state index in [0.717, 1.165) is 18.0 Å². The Morgan fingerprint density at radius 1 is 1.83 bits per heavy atom. The SMILES string of the molecule is CC1SCCC1(N)c1ncc[nH]1. The Morgan fingerprint density at radius 3 is 3.17 bits per heavy atom. The number of hydrogen-bond acceptors (Lipinski definition) is 3. The summed E-state index contributed by atoms with van der Waals surface area (Å²) in [6.45, 7) is 2.17. The zero-order chi connectivity index (χ0) is 8.60. The van der Waals surface area contributed by atoms with Gasteiger partial charge in [0.25, 0.3) is 0 Å². The molecule has 1 aromatic rings. The first kappa shape index (κ1) is 8.13. The molecule has 2 atom stereocenters. The van der Waals surface area contributed by atoms with Crippen molar-refractivity contribution in [1.29, 1.82) is 0 Å². The van der Waals surface area contributed by atoms with Crippen LogP contribution < -0.4 is 5.73 Å². The normalized spacial score (nSPS) is 35.7. The van der Waals surface area contributed by atoms with Crippen LogP contribution >= 0.6 is 11.8 Å². The molecule has 0 aliphatic carbocycles. The van der Waals surface area contributed by atoms with Gasteiger partial charge < -0.3 is 10.7 Å². The lowest BCUT2D eigenvalue weighted by Gasteiger charge is -2.25. The monoisotopic (exact) mass is 183 g/mol. The Balaban J connectivity index is 2.32. The van der Waals surface area contributed by atoms with Crippen molar-refractivity contribution >= 4 is 11.8 Å². The second-order valence-electron chi connectivity index (χ2n) is 3.24. The molecule has 2 heterocycles. The molecule has 0 saturated carbocycles. The average Bonchev–Trinajstić information content (AvgIpc) is 2.62. The minimum atomic E-state index is -0.228. The summed E-state index contributed by atoms with van der Waals surface area (Å²) in [4.78, 5) is 7.33. The standard InChI is InChI=1S/C8H13N3S/c1-6-8(9,2-5-12-6)7-10-3-4-11-7/h3-4,6H,2,5,9H2,1H3,(H,10,11). The van der Waals surface area contributed by atoms with Gasteiger partial charge in [-0.25, -0.2) is 4.98 Å². The zero-order valence-electron chi connectivity index (χ0n) is 7.08. The number of nitrogens with zero attached hydrogens (tertiary/aromatic N) is 1. The van der Waals surface area contributed by atoms with Crippen LogP contribution in [0.15, 0.2) is 12.4 Å².